The molecule has 0 saturated carbocycles. The summed E-state index contributed by atoms with van der Waals surface area (Å²) in [7, 11) is 3.21. The van der Waals surface area contributed by atoms with Crippen molar-refractivity contribution in [2.24, 2.45) is 5.73 Å². The summed E-state index contributed by atoms with van der Waals surface area (Å²) in [5, 5.41) is 9.64. The molecule has 0 radical (unpaired) electrons. The molecule has 5 nitrogen and oxygen atoms in total. The van der Waals surface area contributed by atoms with Crippen LogP contribution in [0.25, 0.3) is 0 Å². The van der Waals surface area contributed by atoms with Crippen LogP contribution in [0.3, 0.4) is 0 Å². The third-order valence-corrected chi connectivity index (χ3v) is 3.03. The Bertz CT molecular complexity index is 255. The molecule has 0 aliphatic heterocycles. The molecule has 2 unspecified atom stereocenters. The lowest BCUT2D eigenvalue weighted by atomic mass is 9.94. The molecule has 0 aromatic carbocycles. The summed E-state index contributed by atoms with van der Waals surface area (Å²) in [5.74, 6) is 0. The highest BCUT2D eigenvalue weighted by atomic mass is 16.5. The fraction of sp³-hybridized carbons (Fsp3) is 0.846. The maximum Gasteiger partial charge on any atom is 0.104 e. The molecule has 0 aromatic heterocycles. The van der Waals surface area contributed by atoms with Gasteiger partial charge >= 0.3 is 0 Å². The molecule has 0 amide bonds. The fourth-order valence-electron chi connectivity index (χ4n) is 1.66. The molecule has 0 aromatic rings. The normalized spacial score (nSPS) is 17.3. The molecule has 3 N–H and O–H groups in total. The van der Waals surface area contributed by atoms with E-state index in [9.17, 15) is 5.11 Å². The fourth-order valence-corrected chi connectivity index (χ4v) is 1.66. The van der Waals surface area contributed by atoms with Crippen molar-refractivity contribution in [1.82, 2.24) is 0 Å². The zero-order valence-corrected chi connectivity index (χ0v) is 12.1. The minimum absolute atomic E-state index is 0.162. The standard InChI is InChI=1S/C13H27NO4/c1-9(12(17-6)8-16-5)13(3,4)18-10(2)11(15)7-14/h10-12,15H,1,7-8,14H2,2-6H3/t10?,11?,12-/m1/s1. The lowest BCUT2D eigenvalue weighted by molar-refractivity contribution is -0.101. The molecular formula is C13H27NO4. The number of rotatable bonds is 9. The number of hydrogen-bond acceptors (Lipinski definition) is 5. The average molecular weight is 261 g/mol. The van der Waals surface area contributed by atoms with Gasteiger partial charge in [-0.1, -0.05) is 6.58 Å². The van der Waals surface area contributed by atoms with Gasteiger partial charge in [0, 0.05) is 20.8 Å². The lowest BCUT2D eigenvalue weighted by Gasteiger charge is -2.35. The maximum absolute atomic E-state index is 9.64. The summed E-state index contributed by atoms with van der Waals surface area (Å²) in [4.78, 5) is 0. The number of aliphatic hydroxyl groups is 1. The van der Waals surface area contributed by atoms with Gasteiger partial charge in [-0.15, -0.1) is 0 Å². The van der Waals surface area contributed by atoms with Crippen molar-refractivity contribution in [2.75, 3.05) is 27.4 Å². The van der Waals surface area contributed by atoms with Crippen LogP contribution >= 0.6 is 0 Å². The van der Waals surface area contributed by atoms with Crippen LogP contribution in [-0.4, -0.2) is 56.4 Å². The van der Waals surface area contributed by atoms with E-state index < -0.39 is 11.7 Å². The summed E-state index contributed by atoms with van der Waals surface area (Å²) >= 11 is 0. The Morgan fingerprint density at radius 2 is 1.94 bits per heavy atom. The highest BCUT2D eigenvalue weighted by molar-refractivity contribution is 5.15. The molecule has 0 fully saturated rings. The number of aliphatic hydroxyl groups excluding tert-OH is 1. The van der Waals surface area contributed by atoms with Gasteiger partial charge in [0.15, 0.2) is 0 Å². The predicted molar refractivity (Wildman–Crippen MR) is 71.5 cm³/mol. The monoisotopic (exact) mass is 261 g/mol. The molecule has 0 rings (SSSR count). The van der Waals surface area contributed by atoms with Crippen molar-refractivity contribution in [3.63, 3.8) is 0 Å². The predicted octanol–water partition coefficient (Wildman–Crippen LogP) is 0.707. The first kappa shape index (κ1) is 17.5. The minimum Gasteiger partial charge on any atom is -0.389 e. The SMILES string of the molecule is C=C([C@@H](COC)OC)C(C)(C)OC(C)C(O)CN. The second kappa shape index (κ2) is 7.86. The van der Waals surface area contributed by atoms with E-state index in [2.05, 4.69) is 6.58 Å². The van der Waals surface area contributed by atoms with Crippen molar-refractivity contribution in [3.05, 3.63) is 12.2 Å². The topological polar surface area (TPSA) is 73.9 Å². The van der Waals surface area contributed by atoms with E-state index in [-0.39, 0.29) is 18.8 Å². The first-order valence-electron chi connectivity index (χ1n) is 6.07. The molecule has 0 spiro atoms. The van der Waals surface area contributed by atoms with Crippen molar-refractivity contribution in [3.8, 4) is 0 Å². The van der Waals surface area contributed by atoms with Gasteiger partial charge in [0.1, 0.15) is 6.10 Å². The Morgan fingerprint density at radius 3 is 2.33 bits per heavy atom. The molecule has 0 saturated heterocycles. The van der Waals surface area contributed by atoms with E-state index in [1.807, 2.05) is 13.8 Å². The van der Waals surface area contributed by atoms with Gasteiger partial charge in [0.2, 0.25) is 0 Å². The molecular weight excluding hydrogens is 234 g/mol. The van der Waals surface area contributed by atoms with Gasteiger partial charge in [-0.25, -0.2) is 0 Å². The Morgan fingerprint density at radius 1 is 1.39 bits per heavy atom. The van der Waals surface area contributed by atoms with E-state index in [4.69, 9.17) is 19.9 Å². The summed E-state index contributed by atoms with van der Waals surface area (Å²) < 4.78 is 16.2. The summed E-state index contributed by atoms with van der Waals surface area (Å²) in [5.41, 5.74) is 5.54. The largest absolute Gasteiger partial charge is 0.389 e. The highest BCUT2D eigenvalue weighted by Gasteiger charge is 2.32. The second-order valence-corrected chi connectivity index (χ2v) is 4.84. The summed E-state index contributed by atoms with van der Waals surface area (Å²) in [6, 6.07) is 0. The van der Waals surface area contributed by atoms with E-state index in [1.54, 1.807) is 21.1 Å². The van der Waals surface area contributed by atoms with Crippen molar-refractivity contribution in [1.29, 1.82) is 0 Å². The number of nitrogens with two attached hydrogens (primary N) is 1. The van der Waals surface area contributed by atoms with Crippen LogP contribution in [-0.2, 0) is 14.2 Å². The van der Waals surface area contributed by atoms with Crippen LogP contribution in [0.2, 0.25) is 0 Å². The average Bonchev–Trinajstić information content (AvgIpc) is 2.33. The van der Waals surface area contributed by atoms with Crippen LogP contribution in [0.15, 0.2) is 12.2 Å². The second-order valence-electron chi connectivity index (χ2n) is 4.84. The van der Waals surface area contributed by atoms with E-state index >= 15 is 0 Å². The Balaban J connectivity index is 4.64. The molecule has 0 aliphatic rings. The number of ether oxygens (including phenoxy) is 3. The first-order valence-corrected chi connectivity index (χ1v) is 6.07. The molecule has 5 heteroatoms. The minimum atomic E-state index is -0.694. The van der Waals surface area contributed by atoms with Crippen LogP contribution in [0.1, 0.15) is 20.8 Å². The Hall–Kier alpha value is -0.460. The zero-order chi connectivity index (χ0) is 14.3. The van der Waals surface area contributed by atoms with Crippen molar-refractivity contribution in [2.45, 2.75) is 44.7 Å². The maximum atomic E-state index is 9.64. The van der Waals surface area contributed by atoms with Crippen molar-refractivity contribution >= 4 is 0 Å². The number of hydrogen-bond donors (Lipinski definition) is 2. The lowest BCUT2D eigenvalue weighted by Crippen LogP contribution is -2.43. The van der Waals surface area contributed by atoms with E-state index in [1.165, 1.54) is 0 Å². The summed E-state index contributed by atoms with van der Waals surface area (Å²) in [6.07, 6.45) is -1.31. The van der Waals surface area contributed by atoms with Crippen molar-refractivity contribution < 1.29 is 19.3 Å². The van der Waals surface area contributed by atoms with Crippen LogP contribution in [0, 0.1) is 0 Å². The van der Waals surface area contributed by atoms with Gasteiger partial charge in [-0.2, -0.15) is 0 Å². The van der Waals surface area contributed by atoms with Gasteiger partial charge in [-0.05, 0) is 26.3 Å². The Labute approximate surface area is 110 Å². The molecule has 18 heavy (non-hydrogen) atoms. The van der Waals surface area contributed by atoms with E-state index in [0.717, 1.165) is 5.57 Å². The van der Waals surface area contributed by atoms with E-state index in [0.29, 0.717) is 6.61 Å². The highest BCUT2D eigenvalue weighted by Crippen LogP contribution is 2.26. The molecule has 0 bridgehead atoms. The van der Waals surface area contributed by atoms with Gasteiger partial charge < -0.3 is 25.1 Å². The third kappa shape index (κ3) is 5.04. The van der Waals surface area contributed by atoms with Gasteiger partial charge in [0.25, 0.3) is 0 Å². The zero-order valence-electron chi connectivity index (χ0n) is 12.1. The molecule has 108 valence electrons. The molecule has 0 aliphatic carbocycles. The first-order chi connectivity index (χ1) is 8.30. The molecule has 3 atom stereocenters. The smallest absolute Gasteiger partial charge is 0.104 e. The van der Waals surface area contributed by atoms with Crippen LogP contribution < -0.4 is 5.73 Å². The Kier molecular flexibility index (Phi) is 7.66. The van der Waals surface area contributed by atoms with Crippen LogP contribution in [0.4, 0.5) is 0 Å². The third-order valence-electron chi connectivity index (χ3n) is 3.03. The van der Waals surface area contributed by atoms with Gasteiger partial charge in [-0.3, -0.25) is 0 Å². The molecule has 0 heterocycles. The quantitative estimate of drug-likeness (QED) is 0.598. The number of methoxy groups -OCH3 is 2. The van der Waals surface area contributed by atoms with Gasteiger partial charge in [0.05, 0.1) is 24.4 Å². The van der Waals surface area contributed by atoms with Crippen LogP contribution in [0.5, 0.6) is 0 Å². The summed E-state index contributed by atoms with van der Waals surface area (Å²) in [6.45, 7) is 10.1.